The summed E-state index contributed by atoms with van der Waals surface area (Å²) in [6, 6.07) is 12.3. The minimum absolute atomic E-state index is 0. The van der Waals surface area contributed by atoms with Crippen LogP contribution in [0.1, 0.15) is 0 Å². The number of pyridine rings is 2. The van der Waals surface area contributed by atoms with Crippen LogP contribution >= 0.6 is 17.0 Å². The van der Waals surface area contributed by atoms with Crippen LogP contribution in [0.15, 0.2) is 48.8 Å². The van der Waals surface area contributed by atoms with Crippen molar-refractivity contribution in [3.8, 4) is 0 Å². The fraction of sp³-hybridized carbons (Fsp3) is 0.231. The summed E-state index contributed by atoms with van der Waals surface area (Å²) < 4.78 is 2.37. The van der Waals surface area contributed by atoms with Gasteiger partial charge >= 0.3 is 107 Å². The first-order valence-corrected chi connectivity index (χ1v) is 11.3. The molecule has 0 radical (unpaired) electrons. The van der Waals surface area contributed by atoms with Gasteiger partial charge in [-0.1, -0.05) is 0 Å². The van der Waals surface area contributed by atoms with Crippen LogP contribution in [0.3, 0.4) is 0 Å². The van der Waals surface area contributed by atoms with Gasteiger partial charge in [-0.15, -0.1) is 17.0 Å². The molecule has 0 fully saturated rings. The van der Waals surface area contributed by atoms with Gasteiger partial charge in [-0.05, 0) is 0 Å². The van der Waals surface area contributed by atoms with Gasteiger partial charge in [-0.3, -0.25) is 0 Å². The molecule has 5 heteroatoms. The van der Waals surface area contributed by atoms with Gasteiger partial charge in [-0.2, -0.15) is 0 Å². The fourth-order valence-electron chi connectivity index (χ4n) is 1.42. The molecule has 0 bridgehead atoms. The van der Waals surface area contributed by atoms with Crippen LogP contribution in [-0.4, -0.2) is 16.7 Å². The SMILES string of the molecule is Br.C[Si](C)(C)[Ni]([c]1ccccn1)[c]1ccccn1. The average molecular weight is 369 g/mol. The molecular formula is C13H18BrN2NiSi. The summed E-state index contributed by atoms with van der Waals surface area (Å²) in [6.45, 7) is 5.79. The third kappa shape index (κ3) is 3.74. The van der Waals surface area contributed by atoms with Crippen LogP contribution < -0.4 is 9.33 Å². The van der Waals surface area contributed by atoms with E-state index >= 15 is 0 Å². The second-order valence-corrected chi connectivity index (χ2v) is 15.9. The van der Waals surface area contributed by atoms with Crippen LogP contribution in [0.25, 0.3) is 0 Å². The average Bonchev–Trinajstić information content (AvgIpc) is 2.30. The maximum absolute atomic E-state index is 4.54. The number of nitrogens with zero attached hydrogens (tertiary/aromatic N) is 2. The summed E-state index contributed by atoms with van der Waals surface area (Å²) >= 11 is -0.111. The van der Waals surface area contributed by atoms with Crippen molar-refractivity contribution in [2.24, 2.45) is 0 Å². The van der Waals surface area contributed by atoms with Crippen LogP contribution in [0, 0.1) is 0 Å². The molecule has 0 N–H and O–H groups in total. The number of halogens is 1. The van der Waals surface area contributed by atoms with Crippen molar-refractivity contribution in [2.45, 2.75) is 19.6 Å². The Morgan fingerprint density at radius 3 is 1.56 bits per heavy atom. The summed E-state index contributed by atoms with van der Waals surface area (Å²) in [6.07, 6.45) is 3.75. The van der Waals surface area contributed by atoms with E-state index in [9.17, 15) is 0 Å². The van der Waals surface area contributed by atoms with Crippen molar-refractivity contribution in [1.82, 2.24) is 9.97 Å². The van der Waals surface area contributed by atoms with E-state index in [2.05, 4.69) is 53.9 Å². The molecular weight excluding hydrogens is 351 g/mol. The molecule has 0 aliphatic heterocycles. The van der Waals surface area contributed by atoms with Crippen molar-refractivity contribution >= 4 is 33.1 Å². The second kappa shape index (κ2) is 6.60. The van der Waals surface area contributed by atoms with Crippen molar-refractivity contribution in [1.29, 1.82) is 0 Å². The van der Waals surface area contributed by atoms with Crippen LogP contribution in [0.4, 0.5) is 0 Å². The van der Waals surface area contributed by atoms with Crippen LogP contribution in [0.2, 0.25) is 19.6 Å². The standard InChI is InChI=1S/2C5H4N.C3H9Si.BrH.Ni/c2*1-2-4-6-5-3-1;1-4(2)3;;/h2*1-4H;1-3H3;1H;. The van der Waals surface area contributed by atoms with Gasteiger partial charge in [0, 0.05) is 0 Å². The summed E-state index contributed by atoms with van der Waals surface area (Å²) in [5.41, 5.74) is 0. The van der Waals surface area contributed by atoms with Gasteiger partial charge in [0.05, 0.1) is 0 Å². The number of hydrogen-bond acceptors (Lipinski definition) is 2. The molecule has 2 heterocycles. The van der Waals surface area contributed by atoms with E-state index in [1.807, 2.05) is 24.5 Å². The predicted octanol–water partition coefficient (Wildman–Crippen LogP) is 2.46. The van der Waals surface area contributed by atoms with Crippen molar-refractivity contribution < 1.29 is 12.8 Å². The van der Waals surface area contributed by atoms with E-state index in [-0.39, 0.29) is 29.8 Å². The summed E-state index contributed by atoms with van der Waals surface area (Å²) in [5.74, 6) is 0. The molecule has 2 aromatic heterocycles. The first kappa shape index (κ1) is 15.5. The molecule has 0 atom stereocenters. The van der Waals surface area contributed by atoms with Crippen molar-refractivity contribution in [2.75, 3.05) is 0 Å². The Bertz CT molecular complexity index is 434. The Morgan fingerprint density at radius 2 is 1.28 bits per heavy atom. The minimum atomic E-state index is -1.35. The normalized spacial score (nSPS) is 11.6. The third-order valence-electron chi connectivity index (χ3n) is 2.02. The number of aromatic nitrogens is 2. The van der Waals surface area contributed by atoms with Crippen LogP contribution in [0.5, 0.6) is 0 Å². The molecule has 0 saturated carbocycles. The Labute approximate surface area is 124 Å². The molecule has 0 aliphatic carbocycles. The molecule has 0 amide bonds. The van der Waals surface area contributed by atoms with E-state index < -0.39 is 6.77 Å². The monoisotopic (exact) mass is 367 g/mol. The molecule has 2 nitrogen and oxygen atoms in total. The van der Waals surface area contributed by atoms with Crippen molar-refractivity contribution in [3.63, 3.8) is 0 Å². The van der Waals surface area contributed by atoms with E-state index in [1.165, 1.54) is 9.33 Å². The Morgan fingerprint density at radius 1 is 0.833 bits per heavy atom. The quantitative estimate of drug-likeness (QED) is 0.778. The number of rotatable bonds is 3. The number of hydrogen-bond donors (Lipinski definition) is 0. The molecule has 0 aromatic carbocycles. The molecule has 0 spiro atoms. The van der Waals surface area contributed by atoms with Crippen molar-refractivity contribution in [3.05, 3.63) is 48.8 Å². The predicted molar refractivity (Wildman–Crippen MR) is 81.4 cm³/mol. The molecule has 0 unspecified atom stereocenters. The molecule has 0 saturated heterocycles. The fourth-order valence-corrected chi connectivity index (χ4v) is 8.90. The molecule has 0 aliphatic rings. The Balaban J connectivity index is 0.00000162. The van der Waals surface area contributed by atoms with E-state index in [4.69, 9.17) is 0 Å². The second-order valence-electron chi connectivity index (χ2n) is 4.45. The third-order valence-corrected chi connectivity index (χ3v) is 10.3. The van der Waals surface area contributed by atoms with Gasteiger partial charge in [0.1, 0.15) is 0 Å². The maximum atomic E-state index is 4.54. The van der Waals surface area contributed by atoms with E-state index in [1.54, 1.807) is 0 Å². The zero-order valence-corrected chi connectivity index (χ0v) is 14.4. The zero-order valence-electron chi connectivity index (χ0n) is 10.7. The van der Waals surface area contributed by atoms with E-state index in [0.29, 0.717) is 0 Å². The van der Waals surface area contributed by atoms with Gasteiger partial charge in [0.15, 0.2) is 0 Å². The molecule has 2 rings (SSSR count). The summed E-state index contributed by atoms with van der Waals surface area (Å²) in [5, 5.41) is 0. The van der Waals surface area contributed by atoms with Gasteiger partial charge in [0.25, 0.3) is 0 Å². The van der Waals surface area contributed by atoms with Gasteiger partial charge < -0.3 is 0 Å². The Kier molecular flexibility index (Phi) is 5.70. The molecule has 2 aromatic rings. The summed E-state index contributed by atoms with van der Waals surface area (Å²) in [4.78, 5) is 9.07. The van der Waals surface area contributed by atoms with Gasteiger partial charge in [0.2, 0.25) is 0 Å². The summed E-state index contributed by atoms with van der Waals surface area (Å²) in [7, 11) is 0. The first-order valence-electron chi connectivity index (χ1n) is 5.52. The van der Waals surface area contributed by atoms with Crippen LogP contribution in [-0.2, 0) is 12.8 Å². The van der Waals surface area contributed by atoms with Gasteiger partial charge in [-0.25, -0.2) is 0 Å². The molecule has 18 heavy (non-hydrogen) atoms. The Hall–Kier alpha value is -0.510. The first-order chi connectivity index (χ1) is 8.09. The van der Waals surface area contributed by atoms with E-state index in [0.717, 1.165) is 0 Å². The topological polar surface area (TPSA) is 25.8 Å². The molecule has 101 valence electrons. The zero-order chi connectivity index (χ0) is 12.3.